The SMILES string of the molecule is CCOC(=O)[C@H]1CCC[C@@H](F)[C@@H]1c1ccc(OC)cc1. The minimum Gasteiger partial charge on any atom is -0.497 e. The Balaban J connectivity index is 2.24. The molecular weight excluding hydrogens is 259 g/mol. The Kier molecular flexibility index (Phi) is 4.99. The van der Waals surface area contributed by atoms with Crippen molar-refractivity contribution in [1.82, 2.24) is 0 Å². The number of ether oxygens (including phenoxy) is 2. The minimum atomic E-state index is -0.994. The second-order valence-electron chi connectivity index (χ2n) is 5.10. The maximum Gasteiger partial charge on any atom is 0.309 e. The van der Waals surface area contributed by atoms with E-state index in [4.69, 9.17) is 9.47 Å². The van der Waals surface area contributed by atoms with Crippen LogP contribution in [-0.2, 0) is 9.53 Å². The lowest BCUT2D eigenvalue weighted by Crippen LogP contribution is -2.34. The Morgan fingerprint density at radius 1 is 1.30 bits per heavy atom. The second-order valence-corrected chi connectivity index (χ2v) is 5.10. The first-order chi connectivity index (χ1) is 9.67. The van der Waals surface area contributed by atoms with Gasteiger partial charge in [0.15, 0.2) is 0 Å². The highest BCUT2D eigenvalue weighted by Crippen LogP contribution is 2.40. The van der Waals surface area contributed by atoms with Crippen molar-refractivity contribution < 1.29 is 18.7 Å². The first-order valence-electron chi connectivity index (χ1n) is 7.12. The second kappa shape index (κ2) is 6.73. The van der Waals surface area contributed by atoms with Gasteiger partial charge in [-0.3, -0.25) is 4.79 Å². The molecule has 3 atom stereocenters. The van der Waals surface area contributed by atoms with Crippen molar-refractivity contribution in [2.75, 3.05) is 13.7 Å². The molecule has 20 heavy (non-hydrogen) atoms. The van der Waals surface area contributed by atoms with E-state index in [1.165, 1.54) is 0 Å². The average Bonchev–Trinajstić information content (AvgIpc) is 2.47. The van der Waals surface area contributed by atoms with E-state index in [1.807, 2.05) is 12.1 Å². The van der Waals surface area contributed by atoms with Crippen LogP contribution in [0.15, 0.2) is 24.3 Å². The van der Waals surface area contributed by atoms with Crippen molar-refractivity contribution in [1.29, 1.82) is 0 Å². The van der Waals surface area contributed by atoms with Crippen molar-refractivity contribution >= 4 is 5.97 Å². The van der Waals surface area contributed by atoms with Gasteiger partial charge in [-0.25, -0.2) is 4.39 Å². The molecule has 0 aromatic heterocycles. The number of halogens is 1. The van der Waals surface area contributed by atoms with E-state index < -0.39 is 12.1 Å². The number of alkyl halides is 1. The van der Waals surface area contributed by atoms with Crippen LogP contribution in [0, 0.1) is 5.92 Å². The molecule has 0 unspecified atom stereocenters. The summed E-state index contributed by atoms with van der Waals surface area (Å²) < 4.78 is 24.5. The first-order valence-corrected chi connectivity index (χ1v) is 7.12. The van der Waals surface area contributed by atoms with Crippen LogP contribution in [0.1, 0.15) is 37.7 Å². The maximum absolute atomic E-state index is 14.3. The van der Waals surface area contributed by atoms with Crippen LogP contribution in [0.4, 0.5) is 4.39 Å². The van der Waals surface area contributed by atoms with Crippen LogP contribution in [0.5, 0.6) is 5.75 Å². The largest absolute Gasteiger partial charge is 0.497 e. The Morgan fingerprint density at radius 2 is 2.00 bits per heavy atom. The van der Waals surface area contributed by atoms with Crippen LogP contribution in [0.2, 0.25) is 0 Å². The fourth-order valence-electron chi connectivity index (χ4n) is 2.92. The third-order valence-corrected chi connectivity index (χ3v) is 3.91. The summed E-state index contributed by atoms with van der Waals surface area (Å²) in [6.07, 6.45) is 0.936. The van der Waals surface area contributed by atoms with E-state index >= 15 is 0 Å². The van der Waals surface area contributed by atoms with Crippen molar-refractivity contribution in [3.63, 3.8) is 0 Å². The van der Waals surface area contributed by atoms with Crippen LogP contribution in [0.3, 0.4) is 0 Å². The molecule has 2 rings (SSSR count). The quantitative estimate of drug-likeness (QED) is 0.792. The molecule has 0 saturated heterocycles. The standard InChI is InChI=1S/C16H21FO3/c1-3-20-16(18)13-5-4-6-14(17)15(13)11-7-9-12(19-2)10-8-11/h7-10,13-15H,3-6H2,1-2H3/t13-,14+,15+/m0/s1. The van der Waals surface area contributed by atoms with Gasteiger partial charge < -0.3 is 9.47 Å². The van der Waals surface area contributed by atoms with E-state index in [0.29, 0.717) is 19.4 Å². The number of benzene rings is 1. The Labute approximate surface area is 119 Å². The molecule has 1 aliphatic rings. The number of methoxy groups -OCH3 is 1. The van der Waals surface area contributed by atoms with Gasteiger partial charge in [-0.2, -0.15) is 0 Å². The third-order valence-electron chi connectivity index (χ3n) is 3.91. The molecule has 1 aliphatic carbocycles. The smallest absolute Gasteiger partial charge is 0.309 e. The summed E-state index contributed by atoms with van der Waals surface area (Å²) in [6, 6.07) is 7.29. The van der Waals surface area contributed by atoms with Crippen molar-refractivity contribution in [2.24, 2.45) is 5.92 Å². The summed E-state index contributed by atoms with van der Waals surface area (Å²) in [5, 5.41) is 0. The Morgan fingerprint density at radius 3 is 2.60 bits per heavy atom. The summed E-state index contributed by atoms with van der Waals surface area (Å²) in [5.41, 5.74) is 0.844. The molecule has 0 aliphatic heterocycles. The highest BCUT2D eigenvalue weighted by atomic mass is 19.1. The molecule has 4 heteroatoms. The van der Waals surface area contributed by atoms with Crippen molar-refractivity contribution in [2.45, 2.75) is 38.3 Å². The molecule has 1 aromatic rings. The van der Waals surface area contributed by atoms with Crippen LogP contribution in [0.25, 0.3) is 0 Å². The van der Waals surface area contributed by atoms with Gasteiger partial charge in [-0.1, -0.05) is 12.1 Å². The lowest BCUT2D eigenvalue weighted by Gasteiger charge is -2.33. The Hall–Kier alpha value is -1.58. The topological polar surface area (TPSA) is 35.5 Å². The van der Waals surface area contributed by atoms with Gasteiger partial charge in [0, 0.05) is 5.92 Å². The molecular formula is C16H21FO3. The molecule has 110 valence electrons. The number of carbonyl (C=O) groups excluding carboxylic acids is 1. The van der Waals surface area contributed by atoms with E-state index in [9.17, 15) is 9.18 Å². The fraction of sp³-hybridized carbons (Fsp3) is 0.562. The Bertz CT molecular complexity index is 444. The van der Waals surface area contributed by atoms with E-state index in [2.05, 4.69) is 0 Å². The number of rotatable bonds is 4. The summed E-state index contributed by atoms with van der Waals surface area (Å²) in [6.45, 7) is 2.11. The van der Waals surface area contributed by atoms with Crippen LogP contribution < -0.4 is 4.74 Å². The van der Waals surface area contributed by atoms with E-state index in [-0.39, 0.29) is 11.9 Å². The summed E-state index contributed by atoms with van der Waals surface area (Å²) in [4.78, 5) is 12.0. The lowest BCUT2D eigenvalue weighted by atomic mass is 9.74. The fourth-order valence-corrected chi connectivity index (χ4v) is 2.92. The zero-order valence-electron chi connectivity index (χ0n) is 12.0. The molecule has 0 amide bonds. The van der Waals surface area contributed by atoms with Crippen molar-refractivity contribution in [3.05, 3.63) is 29.8 Å². The first kappa shape index (κ1) is 14.8. The molecule has 0 N–H and O–H groups in total. The molecule has 1 saturated carbocycles. The predicted octanol–water partition coefficient (Wildman–Crippen LogP) is 3.48. The maximum atomic E-state index is 14.3. The lowest BCUT2D eigenvalue weighted by molar-refractivity contribution is -0.150. The molecule has 0 bridgehead atoms. The van der Waals surface area contributed by atoms with Gasteiger partial charge in [0.2, 0.25) is 0 Å². The normalized spacial score (nSPS) is 26.1. The summed E-state index contributed by atoms with van der Waals surface area (Å²) in [7, 11) is 1.59. The third kappa shape index (κ3) is 3.11. The highest BCUT2D eigenvalue weighted by molar-refractivity contribution is 5.74. The molecule has 0 spiro atoms. The summed E-state index contributed by atoms with van der Waals surface area (Å²) in [5.74, 6) is -0.343. The highest BCUT2D eigenvalue weighted by Gasteiger charge is 2.39. The number of hydrogen-bond donors (Lipinski definition) is 0. The monoisotopic (exact) mass is 280 g/mol. The zero-order chi connectivity index (χ0) is 14.5. The number of hydrogen-bond acceptors (Lipinski definition) is 3. The summed E-state index contributed by atoms with van der Waals surface area (Å²) >= 11 is 0. The minimum absolute atomic E-state index is 0.282. The van der Waals surface area contributed by atoms with Gasteiger partial charge >= 0.3 is 5.97 Å². The van der Waals surface area contributed by atoms with Gasteiger partial charge in [0.25, 0.3) is 0 Å². The predicted molar refractivity (Wildman–Crippen MR) is 74.6 cm³/mol. The number of carbonyl (C=O) groups is 1. The molecule has 0 radical (unpaired) electrons. The molecule has 0 heterocycles. The molecule has 1 fully saturated rings. The average molecular weight is 280 g/mol. The van der Waals surface area contributed by atoms with Gasteiger partial charge in [0.05, 0.1) is 19.6 Å². The van der Waals surface area contributed by atoms with E-state index in [0.717, 1.165) is 17.7 Å². The van der Waals surface area contributed by atoms with Crippen molar-refractivity contribution in [3.8, 4) is 5.75 Å². The zero-order valence-corrected chi connectivity index (χ0v) is 12.0. The van der Waals surface area contributed by atoms with Gasteiger partial charge in [0.1, 0.15) is 11.9 Å². The van der Waals surface area contributed by atoms with Gasteiger partial charge in [-0.05, 0) is 43.9 Å². The molecule has 3 nitrogen and oxygen atoms in total. The number of esters is 1. The van der Waals surface area contributed by atoms with Crippen LogP contribution >= 0.6 is 0 Å². The molecule has 1 aromatic carbocycles. The van der Waals surface area contributed by atoms with E-state index in [1.54, 1.807) is 26.2 Å². The van der Waals surface area contributed by atoms with Crippen LogP contribution in [-0.4, -0.2) is 25.9 Å². The van der Waals surface area contributed by atoms with Gasteiger partial charge in [-0.15, -0.1) is 0 Å².